The monoisotopic (exact) mass is 220 g/mol. The molecule has 2 rings (SSSR count). The lowest BCUT2D eigenvalue weighted by atomic mass is 10.1. The number of nitrogens with zero attached hydrogens (tertiary/aromatic N) is 2. The number of oxazole rings is 1. The Morgan fingerprint density at radius 2 is 2.47 bits per heavy atom. The Balaban J connectivity index is 2.67. The molecule has 2 heterocycles. The number of nitriles is 1. The van der Waals surface area contributed by atoms with E-state index in [1.54, 1.807) is 0 Å². The molecule has 0 fully saturated rings. The predicted molar refractivity (Wildman–Crippen MR) is 51.5 cm³/mol. The van der Waals surface area contributed by atoms with Crippen molar-refractivity contribution >= 4 is 17.3 Å². The Labute approximate surface area is 88.2 Å². The summed E-state index contributed by atoms with van der Waals surface area (Å²) >= 11 is 0.997. The van der Waals surface area contributed by atoms with Gasteiger partial charge in [0, 0.05) is 5.38 Å². The molecule has 0 bridgehead atoms. The van der Waals surface area contributed by atoms with Crippen LogP contribution >= 0.6 is 11.3 Å². The van der Waals surface area contributed by atoms with Gasteiger partial charge in [0.1, 0.15) is 10.9 Å². The average molecular weight is 220 g/mol. The van der Waals surface area contributed by atoms with E-state index >= 15 is 0 Å². The van der Waals surface area contributed by atoms with Gasteiger partial charge in [-0.05, 0) is 0 Å². The fourth-order valence-electron chi connectivity index (χ4n) is 1.18. The van der Waals surface area contributed by atoms with Crippen LogP contribution in [0.1, 0.15) is 15.2 Å². The Hall–Kier alpha value is -2.13. The average Bonchev–Trinajstić information content (AvgIpc) is 2.85. The van der Waals surface area contributed by atoms with Gasteiger partial charge in [0.25, 0.3) is 0 Å². The summed E-state index contributed by atoms with van der Waals surface area (Å²) in [5.41, 5.74) is 0.585. The number of aromatic nitrogens is 1. The van der Waals surface area contributed by atoms with Crippen LogP contribution in [0.4, 0.5) is 0 Å². The Kier molecular flexibility index (Phi) is 2.23. The molecule has 2 aromatic rings. The molecule has 0 aliphatic rings. The van der Waals surface area contributed by atoms with Gasteiger partial charge in [-0.3, -0.25) is 0 Å². The summed E-state index contributed by atoms with van der Waals surface area (Å²) in [5, 5.41) is 19.2. The molecule has 0 atom stereocenters. The molecule has 0 saturated carbocycles. The molecule has 0 amide bonds. The van der Waals surface area contributed by atoms with Crippen molar-refractivity contribution in [1.82, 2.24) is 4.98 Å². The van der Waals surface area contributed by atoms with Gasteiger partial charge in [0.2, 0.25) is 0 Å². The van der Waals surface area contributed by atoms with Gasteiger partial charge in [0.15, 0.2) is 12.2 Å². The van der Waals surface area contributed by atoms with Crippen LogP contribution < -0.4 is 0 Å². The van der Waals surface area contributed by atoms with Crippen LogP contribution in [0.2, 0.25) is 0 Å². The molecule has 5 nitrogen and oxygen atoms in total. The van der Waals surface area contributed by atoms with Crippen LogP contribution in [0.5, 0.6) is 0 Å². The number of hydrogen-bond donors (Lipinski definition) is 1. The lowest BCUT2D eigenvalue weighted by Gasteiger charge is -1.94. The zero-order valence-electron chi connectivity index (χ0n) is 7.30. The summed E-state index contributed by atoms with van der Waals surface area (Å²) in [6, 6.07) is 1.92. The molecular weight excluding hydrogens is 216 g/mol. The molecule has 0 unspecified atom stereocenters. The van der Waals surface area contributed by atoms with E-state index in [9.17, 15) is 4.79 Å². The van der Waals surface area contributed by atoms with Gasteiger partial charge >= 0.3 is 5.97 Å². The van der Waals surface area contributed by atoms with Crippen molar-refractivity contribution in [1.29, 1.82) is 5.26 Å². The van der Waals surface area contributed by atoms with Gasteiger partial charge < -0.3 is 9.52 Å². The third-order valence-electron chi connectivity index (χ3n) is 1.78. The second kappa shape index (κ2) is 3.55. The van der Waals surface area contributed by atoms with Crippen molar-refractivity contribution in [2.45, 2.75) is 0 Å². The minimum absolute atomic E-state index is 0.0864. The first kappa shape index (κ1) is 9.43. The van der Waals surface area contributed by atoms with E-state index in [0.29, 0.717) is 11.3 Å². The maximum atomic E-state index is 10.9. The third kappa shape index (κ3) is 1.49. The van der Waals surface area contributed by atoms with E-state index in [1.807, 2.05) is 6.07 Å². The summed E-state index contributed by atoms with van der Waals surface area (Å²) < 4.78 is 4.99. The summed E-state index contributed by atoms with van der Waals surface area (Å²) in [4.78, 5) is 14.7. The van der Waals surface area contributed by atoms with Gasteiger partial charge in [-0.2, -0.15) is 5.26 Å². The largest absolute Gasteiger partial charge is 0.477 e. The van der Waals surface area contributed by atoms with Crippen molar-refractivity contribution in [3.8, 4) is 17.4 Å². The van der Waals surface area contributed by atoms with E-state index in [1.165, 1.54) is 18.0 Å². The van der Waals surface area contributed by atoms with Crippen molar-refractivity contribution < 1.29 is 14.3 Å². The highest BCUT2D eigenvalue weighted by molar-refractivity contribution is 7.12. The molecule has 0 spiro atoms. The number of thiophene rings is 1. The van der Waals surface area contributed by atoms with Crippen LogP contribution in [0, 0.1) is 11.3 Å². The van der Waals surface area contributed by atoms with Gasteiger partial charge in [-0.15, -0.1) is 11.3 Å². The lowest BCUT2D eigenvalue weighted by Crippen LogP contribution is -1.94. The molecular formula is C9H4N2O3S. The third-order valence-corrected chi connectivity index (χ3v) is 2.75. The predicted octanol–water partition coefficient (Wildman–Crippen LogP) is 1.97. The van der Waals surface area contributed by atoms with E-state index in [2.05, 4.69) is 4.98 Å². The molecule has 15 heavy (non-hydrogen) atoms. The smallest absolute Gasteiger partial charge is 0.346 e. The Morgan fingerprint density at radius 1 is 1.67 bits per heavy atom. The SMILES string of the molecule is N#Cc1csc(C(=O)O)c1-c1cnco1. The molecule has 0 aliphatic heterocycles. The minimum Gasteiger partial charge on any atom is -0.477 e. The van der Waals surface area contributed by atoms with Crippen molar-refractivity contribution in [3.05, 3.63) is 28.4 Å². The van der Waals surface area contributed by atoms with Crippen LogP contribution in [0.25, 0.3) is 11.3 Å². The zero-order chi connectivity index (χ0) is 10.8. The van der Waals surface area contributed by atoms with Crippen LogP contribution in [0.3, 0.4) is 0 Å². The van der Waals surface area contributed by atoms with Crippen LogP contribution in [-0.4, -0.2) is 16.1 Å². The molecule has 6 heteroatoms. The molecule has 74 valence electrons. The van der Waals surface area contributed by atoms with Crippen molar-refractivity contribution in [3.63, 3.8) is 0 Å². The maximum absolute atomic E-state index is 10.9. The molecule has 0 radical (unpaired) electrons. The quantitative estimate of drug-likeness (QED) is 0.835. The summed E-state index contributed by atoms with van der Waals surface area (Å²) in [5.74, 6) is -0.780. The Morgan fingerprint density at radius 3 is 3.00 bits per heavy atom. The second-order valence-electron chi connectivity index (χ2n) is 2.64. The molecule has 0 aliphatic carbocycles. The maximum Gasteiger partial charge on any atom is 0.346 e. The summed E-state index contributed by atoms with van der Waals surface area (Å²) in [7, 11) is 0. The summed E-state index contributed by atoms with van der Waals surface area (Å²) in [6.07, 6.45) is 2.58. The van der Waals surface area contributed by atoms with Crippen LogP contribution in [-0.2, 0) is 0 Å². The number of carboxylic acid groups (broad SMARTS) is 1. The van der Waals surface area contributed by atoms with E-state index < -0.39 is 5.97 Å². The second-order valence-corrected chi connectivity index (χ2v) is 3.52. The zero-order valence-corrected chi connectivity index (χ0v) is 8.11. The van der Waals surface area contributed by atoms with Gasteiger partial charge in [0.05, 0.1) is 17.3 Å². The van der Waals surface area contributed by atoms with E-state index in [4.69, 9.17) is 14.8 Å². The van der Waals surface area contributed by atoms with Crippen LogP contribution in [0.15, 0.2) is 22.4 Å². The van der Waals surface area contributed by atoms with Gasteiger partial charge in [-0.1, -0.05) is 0 Å². The number of carbonyl (C=O) groups is 1. The first-order chi connectivity index (χ1) is 7.24. The fraction of sp³-hybridized carbons (Fsp3) is 0. The lowest BCUT2D eigenvalue weighted by molar-refractivity contribution is 0.0702. The first-order valence-electron chi connectivity index (χ1n) is 3.87. The normalized spacial score (nSPS) is 9.80. The molecule has 0 saturated heterocycles. The highest BCUT2D eigenvalue weighted by Gasteiger charge is 2.20. The molecule has 2 aromatic heterocycles. The molecule has 0 aromatic carbocycles. The van der Waals surface area contributed by atoms with Crippen molar-refractivity contribution in [2.75, 3.05) is 0 Å². The van der Waals surface area contributed by atoms with Crippen molar-refractivity contribution in [2.24, 2.45) is 0 Å². The highest BCUT2D eigenvalue weighted by Crippen LogP contribution is 2.32. The topological polar surface area (TPSA) is 87.1 Å². The first-order valence-corrected chi connectivity index (χ1v) is 4.75. The summed E-state index contributed by atoms with van der Waals surface area (Å²) in [6.45, 7) is 0. The number of rotatable bonds is 2. The standard InChI is InChI=1S/C9H4N2O3S/c10-1-5-3-15-8(9(12)13)7(5)6-2-11-4-14-6/h2-4H,(H,12,13). The van der Waals surface area contributed by atoms with Gasteiger partial charge in [-0.25, -0.2) is 9.78 Å². The number of hydrogen-bond acceptors (Lipinski definition) is 5. The van der Waals surface area contributed by atoms with E-state index in [0.717, 1.165) is 11.3 Å². The fourth-order valence-corrected chi connectivity index (χ4v) is 2.02. The molecule has 1 N–H and O–H groups in total. The number of aromatic carboxylic acids is 1. The minimum atomic E-state index is -1.08. The van der Waals surface area contributed by atoms with E-state index in [-0.39, 0.29) is 10.4 Å². The highest BCUT2D eigenvalue weighted by atomic mass is 32.1. The number of carboxylic acids is 1. The Bertz CT molecular complexity index is 536.